The number of carbonyl (C=O) groups is 1. The molecule has 2 aromatic rings. The van der Waals surface area contributed by atoms with E-state index in [1.54, 1.807) is 12.1 Å². The van der Waals surface area contributed by atoms with Gasteiger partial charge in [0.1, 0.15) is 18.5 Å². The molecule has 18 heavy (non-hydrogen) atoms. The third-order valence-electron chi connectivity index (χ3n) is 2.07. The molecule has 0 saturated carbocycles. The first-order chi connectivity index (χ1) is 8.67. The number of hydrogen-bond acceptors (Lipinski definition) is 6. The van der Waals surface area contributed by atoms with Crippen molar-refractivity contribution in [3.63, 3.8) is 0 Å². The average Bonchev–Trinajstić information content (AvgIpc) is 2.81. The molecule has 0 atom stereocenters. The van der Waals surface area contributed by atoms with Crippen LogP contribution in [0.2, 0.25) is 0 Å². The summed E-state index contributed by atoms with van der Waals surface area (Å²) in [6.45, 7) is 0. The lowest BCUT2D eigenvalue weighted by Crippen LogP contribution is -2.06. The topological polar surface area (TPSA) is 128 Å². The molecular weight excluding hydrogens is 236 g/mol. The van der Waals surface area contributed by atoms with Gasteiger partial charge in [0.05, 0.1) is 12.4 Å². The Morgan fingerprint density at radius 3 is 2.72 bits per heavy atom. The van der Waals surface area contributed by atoms with Gasteiger partial charge < -0.3 is 5.11 Å². The zero-order valence-corrected chi connectivity index (χ0v) is 8.77. The van der Waals surface area contributed by atoms with E-state index in [0.717, 1.165) is 6.20 Å². The predicted molar refractivity (Wildman–Crippen MR) is 55.5 cm³/mol. The van der Waals surface area contributed by atoms with Gasteiger partial charge in [0.25, 0.3) is 0 Å². The van der Waals surface area contributed by atoms with E-state index in [9.17, 15) is 4.79 Å². The third kappa shape index (κ3) is 1.74. The molecule has 0 saturated heterocycles. The van der Waals surface area contributed by atoms with E-state index in [-0.39, 0.29) is 22.9 Å². The van der Waals surface area contributed by atoms with Crippen molar-refractivity contribution in [3.8, 4) is 18.0 Å². The molecule has 2 aromatic heterocycles. The number of nitriles is 2. The molecule has 0 fully saturated rings. The molecule has 0 spiro atoms. The first-order valence-electron chi connectivity index (χ1n) is 4.60. The van der Waals surface area contributed by atoms with Gasteiger partial charge in [-0.05, 0) is 0 Å². The highest BCUT2D eigenvalue weighted by Crippen LogP contribution is 2.11. The van der Waals surface area contributed by atoms with Gasteiger partial charge in [0.2, 0.25) is 0 Å². The molecule has 0 aliphatic heterocycles. The number of carboxylic acid groups (broad SMARTS) is 1. The molecular formula is C10H4N6O2. The largest absolute Gasteiger partial charge is 0.476 e. The molecule has 8 nitrogen and oxygen atoms in total. The minimum atomic E-state index is -1.23. The Labute approximate surface area is 100 Å². The summed E-state index contributed by atoms with van der Waals surface area (Å²) in [5.41, 5.74) is -0.335. The van der Waals surface area contributed by atoms with E-state index in [1.165, 1.54) is 17.1 Å². The monoisotopic (exact) mass is 240 g/mol. The van der Waals surface area contributed by atoms with Crippen molar-refractivity contribution in [1.29, 1.82) is 10.5 Å². The quantitative estimate of drug-likeness (QED) is 0.788. The van der Waals surface area contributed by atoms with E-state index in [0.29, 0.717) is 0 Å². The summed E-state index contributed by atoms with van der Waals surface area (Å²) in [5, 5.41) is 26.5. The van der Waals surface area contributed by atoms with Crippen molar-refractivity contribution < 1.29 is 9.90 Å². The molecule has 2 rings (SSSR count). The molecule has 0 aliphatic rings. The number of carboxylic acids is 1. The van der Waals surface area contributed by atoms with Crippen LogP contribution in [0, 0.1) is 22.7 Å². The molecule has 0 unspecified atom stereocenters. The van der Waals surface area contributed by atoms with Gasteiger partial charge in [-0.15, -0.1) is 0 Å². The van der Waals surface area contributed by atoms with Crippen molar-refractivity contribution in [2.45, 2.75) is 0 Å². The van der Waals surface area contributed by atoms with Crippen LogP contribution in [-0.2, 0) is 0 Å². The summed E-state index contributed by atoms with van der Waals surface area (Å²) in [4.78, 5) is 22.0. The lowest BCUT2D eigenvalue weighted by Gasteiger charge is -2.02. The minimum absolute atomic E-state index is 0.0191. The second kappa shape index (κ2) is 4.31. The lowest BCUT2D eigenvalue weighted by molar-refractivity contribution is 0.0690. The van der Waals surface area contributed by atoms with Crippen molar-refractivity contribution in [1.82, 2.24) is 19.5 Å². The Bertz CT molecular complexity index is 706. The van der Waals surface area contributed by atoms with Crippen LogP contribution in [0.1, 0.15) is 21.9 Å². The van der Waals surface area contributed by atoms with E-state index in [1.807, 2.05) is 0 Å². The fraction of sp³-hybridized carbons (Fsp3) is 0. The minimum Gasteiger partial charge on any atom is -0.476 e. The summed E-state index contributed by atoms with van der Waals surface area (Å²) in [6.07, 6.45) is 3.57. The second-order valence-electron chi connectivity index (χ2n) is 3.10. The van der Waals surface area contributed by atoms with Gasteiger partial charge >= 0.3 is 5.97 Å². The molecule has 0 aromatic carbocycles. The zero-order valence-electron chi connectivity index (χ0n) is 8.77. The summed E-state index contributed by atoms with van der Waals surface area (Å²) >= 11 is 0. The van der Waals surface area contributed by atoms with Crippen LogP contribution < -0.4 is 0 Å². The van der Waals surface area contributed by atoms with Crippen molar-refractivity contribution >= 4 is 5.97 Å². The van der Waals surface area contributed by atoms with Crippen LogP contribution in [0.4, 0.5) is 0 Å². The molecule has 1 N–H and O–H groups in total. The number of aromatic carboxylic acids is 1. The Hall–Kier alpha value is -3.26. The molecule has 8 heteroatoms. The van der Waals surface area contributed by atoms with Crippen LogP contribution in [-0.4, -0.2) is 30.6 Å². The van der Waals surface area contributed by atoms with Crippen LogP contribution >= 0.6 is 0 Å². The predicted octanol–water partition coefficient (Wildman–Crippen LogP) is 0.104. The zero-order chi connectivity index (χ0) is 13.1. The smallest absolute Gasteiger partial charge is 0.356 e. The Morgan fingerprint density at radius 2 is 2.11 bits per heavy atom. The maximum absolute atomic E-state index is 10.8. The standard InChI is InChI=1S/C10H4N6O2/c11-1-6-8(2-12)16(5-14-6)9-4-13-3-7(15-9)10(17)18/h3-5H,(H,17,18). The third-order valence-corrected chi connectivity index (χ3v) is 2.07. The summed E-state index contributed by atoms with van der Waals surface area (Å²) in [6, 6.07) is 3.56. The number of aromatic nitrogens is 4. The highest BCUT2D eigenvalue weighted by Gasteiger charge is 2.14. The molecule has 0 bridgehead atoms. The number of imidazole rings is 1. The molecule has 2 heterocycles. The van der Waals surface area contributed by atoms with E-state index >= 15 is 0 Å². The highest BCUT2D eigenvalue weighted by atomic mass is 16.4. The first-order valence-corrected chi connectivity index (χ1v) is 4.60. The molecule has 0 radical (unpaired) electrons. The molecule has 0 aliphatic carbocycles. The van der Waals surface area contributed by atoms with Gasteiger partial charge in [0.15, 0.2) is 22.9 Å². The van der Waals surface area contributed by atoms with Crippen molar-refractivity contribution in [3.05, 3.63) is 35.8 Å². The summed E-state index contributed by atoms with van der Waals surface area (Å²) in [7, 11) is 0. The van der Waals surface area contributed by atoms with Crippen molar-refractivity contribution in [2.75, 3.05) is 0 Å². The molecule has 86 valence electrons. The van der Waals surface area contributed by atoms with Gasteiger partial charge in [-0.2, -0.15) is 10.5 Å². The van der Waals surface area contributed by atoms with Gasteiger partial charge in [0, 0.05) is 0 Å². The number of rotatable bonds is 2. The Morgan fingerprint density at radius 1 is 1.33 bits per heavy atom. The first kappa shape index (κ1) is 11.2. The maximum atomic E-state index is 10.8. The summed E-state index contributed by atoms with van der Waals surface area (Å²) < 4.78 is 1.21. The van der Waals surface area contributed by atoms with Crippen LogP contribution in [0.3, 0.4) is 0 Å². The van der Waals surface area contributed by atoms with Crippen LogP contribution in [0.25, 0.3) is 5.82 Å². The fourth-order valence-corrected chi connectivity index (χ4v) is 1.29. The highest BCUT2D eigenvalue weighted by molar-refractivity contribution is 5.85. The molecule has 0 amide bonds. The van der Waals surface area contributed by atoms with Gasteiger partial charge in [-0.3, -0.25) is 9.55 Å². The van der Waals surface area contributed by atoms with E-state index in [4.69, 9.17) is 15.6 Å². The number of nitrogens with zero attached hydrogens (tertiary/aromatic N) is 6. The van der Waals surface area contributed by atoms with Gasteiger partial charge in [-0.25, -0.2) is 14.8 Å². The Kier molecular flexibility index (Phi) is 2.69. The van der Waals surface area contributed by atoms with Crippen molar-refractivity contribution in [2.24, 2.45) is 0 Å². The normalized spacial score (nSPS) is 9.44. The van der Waals surface area contributed by atoms with E-state index < -0.39 is 5.97 Å². The second-order valence-corrected chi connectivity index (χ2v) is 3.10. The average molecular weight is 240 g/mol. The van der Waals surface area contributed by atoms with Crippen LogP contribution in [0.5, 0.6) is 0 Å². The number of hydrogen-bond donors (Lipinski definition) is 1. The lowest BCUT2D eigenvalue weighted by atomic mass is 10.3. The SMILES string of the molecule is N#Cc1ncn(-c2cncc(C(=O)O)n2)c1C#N. The fourth-order valence-electron chi connectivity index (χ4n) is 1.29. The summed E-state index contributed by atoms with van der Waals surface area (Å²) in [5.74, 6) is -1.12. The van der Waals surface area contributed by atoms with E-state index in [2.05, 4.69) is 15.0 Å². The maximum Gasteiger partial charge on any atom is 0.356 e. The van der Waals surface area contributed by atoms with Gasteiger partial charge in [-0.1, -0.05) is 0 Å². The Balaban J connectivity index is 2.60. The van der Waals surface area contributed by atoms with Crippen LogP contribution in [0.15, 0.2) is 18.7 Å².